The molecule has 3 N–H and O–H groups in total. The van der Waals surface area contributed by atoms with E-state index in [1.807, 2.05) is 60.7 Å². The fourth-order valence-electron chi connectivity index (χ4n) is 1.87. The SMILES string of the molecule is NC(COCc1ccccc1)C(=O)NCc1ccccc1. The summed E-state index contributed by atoms with van der Waals surface area (Å²) in [6.45, 7) is 1.14. The van der Waals surface area contributed by atoms with Gasteiger partial charge in [-0.25, -0.2) is 0 Å². The molecular formula is C17H20N2O2. The fraction of sp³-hybridized carbons (Fsp3) is 0.235. The van der Waals surface area contributed by atoms with Crippen LogP contribution in [0.5, 0.6) is 0 Å². The highest BCUT2D eigenvalue weighted by Gasteiger charge is 2.13. The molecule has 0 bridgehead atoms. The fourth-order valence-corrected chi connectivity index (χ4v) is 1.87. The lowest BCUT2D eigenvalue weighted by molar-refractivity contribution is -0.124. The van der Waals surface area contributed by atoms with Gasteiger partial charge in [-0.05, 0) is 11.1 Å². The highest BCUT2D eigenvalue weighted by molar-refractivity contribution is 5.81. The number of nitrogens with one attached hydrogen (secondary N) is 1. The van der Waals surface area contributed by atoms with Crippen LogP contribution in [0.2, 0.25) is 0 Å². The average Bonchev–Trinajstić information content (AvgIpc) is 2.54. The Labute approximate surface area is 124 Å². The van der Waals surface area contributed by atoms with Crippen molar-refractivity contribution < 1.29 is 9.53 Å². The Morgan fingerprint density at radius 1 is 1.00 bits per heavy atom. The number of hydrogen-bond donors (Lipinski definition) is 2. The lowest BCUT2D eigenvalue weighted by Crippen LogP contribution is -2.43. The zero-order valence-corrected chi connectivity index (χ0v) is 11.9. The lowest BCUT2D eigenvalue weighted by Gasteiger charge is -2.13. The number of ether oxygens (including phenoxy) is 1. The summed E-state index contributed by atoms with van der Waals surface area (Å²) in [5.74, 6) is -0.202. The molecule has 0 aromatic heterocycles. The first-order valence-corrected chi connectivity index (χ1v) is 6.94. The molecule has 0 saturated carbocycles. The highest BCUT2D eigenvalue weighted by Crippen LogP contribution is 2.01. The lowest BCUT2D eigenvalue weighted by atomic mass is 10.2. The minimum atomic E-state index is -0.655. The number of rotatable bonds is 7. The normalized spacial score (nSPS) is 11.9. The maximum atomic E-state index is 11.8. The molecule has 21 heavy (non-hydrogen) atoms. The molecule has 0 saturated heterocycles. The van der Waals surface area contributed by atoms with Crippen LogP contribution in [0.4, 0.5) is 0 Å². The van der Waals surface area contributed by atoms with E-state index in [2.05, 4.69) is 5.32 Å². The van der Waals surface area contributed by atoms with E-state index in [9.17, 15) is 4.79 Å². The zero-order valence-electron chi connectivity index (χ0n) is 11.9. The maximum Gasteiger partial charge on any atom is 0.239 e. The second-order valence-corrected chi connectivity index (χ2v) is 4.81. The largest absolute Gasteiger partial charge is 0.375 e. The van der Waals surface area contributed by atoms with Gasteiger partial charge in [-0.2, -0.15) is 0 Å². The Kier molecular flexibility index (Phi) is 5.94. The van der Waals surface area contributed by atoms with Crippen molar-refractivity contribution in [1.29, 1.82) is 0 Å². The number of nitrogens with two attached hydrogens (primary N) is 1. The van der Waals surface area contributed by atoms with Crippen molar-refractivity contribution in [1.82, 2.24) is 5.32 Å². The van der Waals surface area contributed by atoms with E-state index in [1.54, 1.807) is 0 Å². The Balaban J connectivity index is 1.68. The van der Waals surface area contributed by atoms with Gasteiger partial charge in [0.25, 0.3) is 0 Å². The molecule has 1 amide bonds. The van der Waals surface area contributed by atoms with Gasteiger partial charge in [-0.15, -0.1) is 0 Å². The van der Waals surface area contributed by atoms with Crippen LogP contribution in [0.3, 0.4) is 0 Å². The molecule has 2 rings (SSSR count). The summed E-state index contributed by atoms with van der Waals surface area (Å²) in [5, 5.41) is 2.80. The molecular weight excluding hydrogens is 264 g/mol. The van der Waals surface area contributed by atoms with Gasteiger partial charge in [0.2, 0.25) is 5.91 Å². The summed E-state index contributed by atoms with van der Waals surface area (Å²) >= 11 is 0. The van der Waals surface area contributed by atoms with E-state index in [-0.39, 0.29) is 12.5 Å². The van der Waals surface area contributed by atoms with E-state index >= 15 is 0 Å². The predicted molar refractivity (Wildman–Crippen MR) is 82.4 cm³/mol. The van der Waals surface area contributed by atoms with Crippen molar-refractivity contribution in [2.24, 2.45) is 5.73 Å². The van der Waals surface area contributed by atoms with Crippen molar-refractivity contribution in [2.45, 2.75) is 19.2 Å². The molecule has 1 atom stereocenters. The van der Waals surface area contributed by atoms with Gasteiger partial charge in [0.15, 0.2) is 0 Å². The summed E-state index contributed by atoms with van der Waals surface area (Å²) in [6, 6.07) is 18.9. The summed E-state index contributed by atoms with van der Waals surface area (Å²) in [4.78, 5) is 11.8. The van der Waals surface area contributed by atoms with E-state index in [4.69, 9.17) is 10.5 Å². The molecule has 2 aromatic carbocycles. The van der Waals surface area contributed by atoms with Gasteiger partial charge in [-0.1, -0.05) is 60.7 Å². The molecule has 0 fully saturated rings. The van der Waals surface area contributed by atoms with Crippen LogP contribution in [-0.2, 0) is 22.7 Å². The number of amides is 1. The third kappa shape index (κ3) is 5.38. The van der Waals surface area contributed by atoms with Crippen LogP contribution < -0.4 is 11.1 Å². The Hall–Kier alpha value is -2.17. The van der Waals surface area contributed by atoms with Crippen LogP contribution in [0, 0.1) is 0 Å². The van der Waals surface area contributed by atoms with Crippen molar-refractivity contribution in [3.63, 3.8) is 0 Å². The van der Waals surface area contributed by atoms with Gasteiger partial charge in [0.05, 0.1) is 13.2 Å². The van der Waals surface area contributed by atoms with Gasteiger partial charge in [0.1, 0.15) is 6.04 Å². The van der Waals surface area contributed by atoms with Crippen molar-refractivity contribution >= 4 is 5.91 Å². The molecule has 0 aliphatic rings. The molecule has 4 heteroatoms. The van der Waals surface area contributed by atoms with Crippen LogP contribution >= 0.6 is 0 Å². The van der Waals surface area contributed by atoms with Gasteiger partial charge < -0.3 is 15.8 Å². The number of hydrogen-bond acceptors (Lipinski definition) is 3. The first-order chi connectivity index (χ1) is 10.3. The third-order valence-electron chi connectivity index (χ3n) is 3.06. The molecule has 0 heterocycles. The molecule has 0 spiro atoms. The van der Waals surface area contributed by atoms with Gasteiger partial charge in [-0.3, -0.25) is 4.79 Å². The van der Waals surface area contributed by atoms with Crippen LogP contribution in [0.1, 0.15) is 11.1 Å². The van der Waals surface area contributed by atoms with E-state index in [0.29, 0.717) is 13.2 Å². The highest BCUT2D eigenvalue weighted by atomic mass is 16.5. The summed E-state index contributed by atoms with van der Waals surface area (Å²) < 4.78 is 5.47. The van der Waals surface area contributed by atoms with Gasteiger partial charge >= 0.3 is 0 Å². The van der Waals surface area contributed by atoms with Crippen molar-refractivity contribution in [3.05, 3.63) is 71.8 Å². The quantitative estimate of drug-likeness (QED) is 0.815. The molecule has 110 valence electrons. The van der Waals surface area contributed by atoms with Crippen molar-refractivity contribution in [2.75, 3.05) is 6.61 Å². The zero-order chi connectivity index (χ0) is 14.9. The topological polar surface area (TPSA) is 64.3 Å². The Morgan fingerprint density at radius 3 is 2.19 bits per heavy atom. The third-order valence-corrected chi connectivity index (χ3v) is 3.06. The molecule has 0 aliphatic heterocycles. The first-order valence-electron chi connectivity index (χ1n) is 6.94. The molecule has 2 aromatic rings. The summed E-state index contributed by atoms with van der Waals surface area (Å²) in [7, 11) is 0. The van der Waals surface area contributed by atoms with Crippen LogP contribution in [0.15, 0.2) is 60.7 Å². The van der Waals surface area contributed by atoms with Gasteiger partial charge in [0, 0.05) is 6.54 Å². The monoisotopic (exact) mass is 284 g/mol. The van der Waals surface area contributed by atoms with Crippen LogP contribution in [-0.4, -0.2) is 18.6 Å². The second kappa shape index (κ2) is 8.19. The first kappa shape index (κ1) is 15.2. The number of carbonyl (C=O) groups is 1. The van der Waals surface area contributed by atoms with E-state index in [1.165, 1.54) is 0 Å². The standard InChI is InChI=1S/C17H20N2O2/c18-16(13-21-12-15-9-5-2-6-10-15)17(20)19-11-14-7-3-1-4-8-14/h1-10,16H,11-13,18H2,(H,19,20). The number of benzene rings is 2. The average molecular weight is 284 g/mol. The molecule has 1 unspecified atom stereocenters. The summed E-state index contributed by atoms with van der Waals surface area (Å²) in [6.07, 6.45) is 0. The molecule has 0 radical (unpaired) electrons. The maximum absolute atomic E-state index is 11.8. The number of carbonyl (C=O) groups excluding carboxylic acids is 1. The summed E-state index contributed by atoms with van der Waals surface area (Å²) in [5.41, 5.74) is 7.92. The minimum Gasteiger partial charge on any atom is -0.375 e. The van der Waals surface area contributed by atoms with Crippen molar-refractivity contribution in [3.8, 4) is 0 Å². The van der Waals surface area contributed by atoms with E-state index < -0.39 is 6.04 Å². The second-order valence-electron chi connectivity index (χ2n) is 4.81. The smallest absolute Gasteiger partial charge is 0.239 e. The Bertz CT molecular complexity index is 543. The van der Waals surface area contributed by atoms with E-state index in [0.717, 1.165) is 11.1 Å². The van der Waals surface area contributed by atoms with Crippen LogP contribution in [0.25, 0.3) is 0 Å². The molecule has 4 nitrogen and oxygen atoms in total. The molecule has 0 aliphatic carbocycles. The predicted octanol–water partition coefficient (Wildman–Crippen LogP) is 1.85. The minimum absolute atomic E-state index is 0.202. The Morgan fingerprint density at radius 2 is 1.57 bits per heavy atom.